The number of anilines is 1. The van der Waals surface area contributed by atoms with Gasteiger partial charge in [0.25, 0.3) is 5.91 Å². The normalized spacial score (nSPS) is 11.5. The standard InChI is InChI=1S/C19H14Cl2N8O2/c1-10(12-7-8-13(20)14(21)9-12)23-25-19(30)16-15(11-5-3-2-4-6-11)24-28-29(16)18-17(22)26-31-27-18/h2-9H,1H3,(H2,22,26)(H,25,30)/b23-10+. The second-order valence-electron chi connectivity index (χ2n) is 6.30. The zero-order valence-electron chi connectivity index (χ0n) is 16.0. The van der Waals surface area contributed by atoms with Crippen LogP contribution in [0.1, 0.15) is 23.0 Å². The largest absolute Gasteiger partial charge is 0.378 e. The maximum absolute atomic E-state index is 13.1. The minimum atomic E-state index is -0.592. The number of nitrogens with zero attached hydrogens (tertiary/aromatic N) is 6. The lowest BCUT2D eigenvalue weighted by atomic mass is 10.1. The highest BCUT2D eigenvalue weighted by molar-refractivity contribution is 6.42. The van der Waals surface area contributed by atoms with Crippen LogP contribution in [-0.4, -0.2) is 36.9 Å². The molecule has 156 valence electrons. The number of rotatable bonds is 5. The Bertz CT molecular complexity index is 1280. The number of hydrogen-bond donors (Lipinski definition) is 2. The fourth-order valence-electron chi connectivity index (χ4n) is 2.74. The number of hydrogen-bond acceptors (Lipinski definition) is 8. The number of carbonyl (C=O) groups is 1. The van der Waals surface area contributed by atoms with Crippen molar-refractivity contribution in [2.24, 2.45) is 5.10 Å². The van der Waals surface area contributed by atoms with Gasteiger partial charge in [-0.3, -0.25) is 4.79 Å². The zero-order valence-corrected chi connectivity index (χ0v) is 17.5. The van der Waals surface area contributed by atoms with E-state index in [1.54, 1.807) is 37.3 Å². The molecule has 0 aliphatic heterocycles. The van der Waals surface area contributed by atoms with Crippen molar-refractivity contribution in [1.29, 1.82) is 0 Å². The van der Waals surface area contributed by atoms with Crippen LogP contribution < -0.4 is 11.2 Å². The first-order valence-electron chi connectivity index (χ1n) is 8.85. The van der Waals surface area contributed by atoms with Crippen molar-refractivity contribution in [3.63, 3.8) is 0 Å². The monoisotopic (exact) mass is 456 g/mol. The van der Waals surface area contributed by atoms with Gasteiger partial charge >= 0.3 is 0 Å². The number of benzene rings is 2. The molecule has 0 atom stereocenters. The maximum Gasteiger partial charge on any atom is 0.292 e. The van der Waals surface area contributed by atoms with Gasteiger partial charge in [0.15, 0.2) is 5.69 Å². The first kappa shape index (κ1) is 20.5. The summed E-state index contributed by atoms with van der Waals surface area (Å²) in [6.45, 7) is 1.72. The summed E-state index contributed by atoms with van der Waals surface area (Å²) in [7, 11) is 0. The van der Waals surface area contributed by atoms with Crippen LogP contribution in [0.2, 0.25) is 10.0 Å². The molecule has 12 heteroatoms. The van der Waals surface area contributed by atoms with E-state index >= 15 is 0 Å². The molecule has 2 heterocycles. The van der Waals surface area contributed by atoms with Gasteiger partial charge in [-0.25, -0.2) is 10.1 Å². The third-order valence-corrected chi connectivity index (χ3v) is 5.03. The minimum Gasteiger partial charge on any atom is -0.378 e. The lowest BCUT2D eigenvalue weighted by Gasteiger charge is -2.07. The van der Waals surface area contributed by atoms with E-state index in [-0.39, 0.29) is 17.3 Å². The Hall–Kier alpha value is -3.76. The molecular formula is C19H14Cl2N8O2. The van der Waals surface area contributed by atoms with Crippen molar-refractivity contribution in [3.8, 4) is 17.1 Å². The van der Waals surface area contributed by atoms with Crippen molar-refractivity contribution < 1.29 is 9.42 Å². The summed E-state index contributed by atoms with van der Waals surface area (Å²) >= 11 is 12.0. The molecule has 31 heavy (non-hydrogen) atoms. The number of hydrazone groups is 1. The van der Waals surface area contributed by atoms with Gasteiger partial charge in [-0.1, -0.05) is 64.8 Å². The van der Waals surface area contributed by atoms with Gasteiger partial charge in [-0.15, -0.1) is 5.10 Å². The second-order valence-corrected chi connectivity index (χ2v) is 7.12. The third-order valence-electron chi connectivity index (χ3n) is 4.29. The van der Waals surface area contributed by atoms with E-state index < -0.39 is 5.91 Å². The lowest BCUT2D eigenvalue weighted by molar-refractivity contribution is 0.0947. The maximum atomic E-state index is 13.1. The molecule has 4 rings (SSSR count). The molecular weight excluding hydrogens is 443 g/mol. The number of amides is 1. The van der Waals surface area contributed by atoms with Crippen LogP contribution in [0.3, 0.4) is 0 Å². The molecule has 0 bridgehead atoms. The molecule has 10 nitrogen and oxygen atoms in total. The van der Waals surface area contributed by atoms with Gasteiger partial charge in [-0.05, 0) is 34.9 Å². The Kier molecular flexibility index (Phi) is 5.65. The molecule has 1 amide bonds. The first-order chi connectivity index (χ1) is 15.0. The summed E-state index contributed by atoms with van der Waals surface area (Å²) in [5, 5.41) is 20.3. The van der Waals surface area contributed by atoms with Crippen LogP contribution in [0.25, 0.3) is 17.1 Å². The van der Waals surface area contributed by atoms with Crippen LogP contribution in [0.15, 0.2) is 58.3 Å². The summed E-state index contributed by atoms with van der Waals surface area (Å²) in [5.74, 6) is -0.607. The highest BCUT2D eigenvalue weighted by Gasteiger charge is 2.26. The second kappa shape index (κ2) is 8.54. The number of halogens is 2. The molecule has 2 aromatic carbocycles. The number of nitrogens with two attached hydrogens (primary N) is 1. The molecule has 2 aromatic heterocycles. The average molecular weight is 457 g/mol. The Balaban J connectivity index is 1.71. The molecule has 0 saturated carbocycles. The third kappa shape index (κ3) is 4.11. The SMILES string of the molecule is C/C(=N\NC(=O)c1c(-c2ccccc2)nnn1-c1nonc1N)c1ccc(Cl)c(Cl)c1. The summed E-state index contributed by atoms with van der Waals surface area (Å²) < 4.78 is 5.78. The average Bonchev–Trinajstić information content (AvgIpc) is 3.40. The topological polar surface area (TPSA) is 137 Å². The van der Waals surface area contributed by atoms with Crippen LogP contribution in [0.4, 0.5) is 5.82 Å². The number of aromatic nitrogens is 5. The fourth-order valence-corrected chi connectivity index (χ4v) is 3.03. The Morgan fingerprint density at radius 2 is 1.90 bits per heavy atom. The molecule has 4 aromatic rings. The van der Waals surface area contributed by atoms with Crippen molar-refractivity contribution in [2.75, 3.05) is 5.73 Å². The lowest BCUT2D eigenvalue weighted by Crippen LogP contribution is -2.23. The van der Waals surface area contributed by atoms with Crippen molar-refractivity contribution in [1.82, 2.24) is 30.7 Å². The summed E-state index contributed by atoms with van der Waals surface area (Å²) in [4.78, 5) is 13.1. The van der Waals surface area contributed by atoms with E-state index in [1.165, 1.54) is 0 Å². The van der Waals surface area contributed by atoms with Gasteiger partial charge in [0.2, 0.25) is 11.6 Å². The van der Waals surface area contributed by atoms with Crippen LogP contribution in [0.5, 0.6) is 0 Å². The van der Waals surface area contributed by atoms with Crippen molar-refractivity contribution in [3.05, 3.63) is 69.8 Å². The van der Waals surface area contributed by atoms with Gasteiger partial charge in [-0.2, -0.15) is 9.78 Å². The van der Waals surface area contributed by atoms with E-state index in [9.17, 15) is 4.79 Å². The van der Waals surface area contributed by atoms with Crippen molar-refractivity contribution >= 4 is 40.6 Å². The highest BCUT2D eigenvalue weighted by Crippen LogP contribution is 2.25. The van der Waals surface area contributed by atoms with Crippen LogP contribution in [0, 0.1) is 0 Å². The summed E-state index contributed by atoms with van der Waals surface area (Å²) in [6.07, 6.45) is 0. The van der Waals surface area contributed by atoms with E-state index in [0.29, 0.717) is 32.6 Å². The van der Waals surface area contributed by atoms with E-state index in [4.69, 9.17) is 28.9 Å². The quantitative estimate of drug-likeness (QED) is 0.346. The van der Waals surface area contributed by atoms with E-state index in [0.717, 1.165) is 4.68 Å². The molecule has 0 spiro atoms. The van der Waals surface area contributed by atoms with Gasteiger partial charge in [0, 0.05) is 5.56 Å². The van der Waals surface area contributed by atoms with Gasteiger partial charge in [0.05, 0.1) is 15.8 Å². The summed E-state index contributed by atoms with van der Waals surface area (Å²) in [6, 6.07) is 14.1. The Morgan fingerprint density at radius 1 is 1.13 bits per heavy atom. The van der Waals surface area contributed by atoms with Gasteiger partial charge in [0.1, 0.15) is 5.69 Å². The smallest absolute Gasteiger partial charge is 0.292 e. The number of nitrogen functional groups attached to an aromatic ring is 1. The van der Waals surface area contributed by atoms with Gasteiger partial charge < -0.3 is 5.73 Å². The predicted octanol–water partition coefficient (Wildman–Crippen LogP) is 3.36. The fraction of sp³-hybridized carbons (Fsp3) is 0.0526. The predicted molar refractivity (Wildman–Crippen MR) is 115 cm³/mol. The minimum absolute atomic E-state index is 0.0324. The first-order valence-corrected chi connectivity index (χ1v) is 9.61. The van der Waals surface area contributed by atoms with E-state index in [1.807, 2.05) is 18.2 Å². The van der Waals surface area contributed by atoms with Crippen LogP contribution in [-0.2, 0) is 0 Å². The molecule has 0 aliphatic rings. The molecule has 0 radical (unpaired) electrons. The molecule has 0 aliphatic carbocycles. The van der Waals surface area contributed by atoms with E-state index in [2.05, 4.69) is 35.8 Å². The summed E-state index contributed by atoms with van der Waals surface area (Å²) in [5.41, 5.74) is 10.5. The number of carbonyl (C=O) groups excluding carboxylic acids is 1. The highest BCUT2D eigenvalue weighted by atomic mass is 35.5. The Morgan fingerprint density at radius 3 is 2.58 bits per heavy atom. The Labute approximate surface area is 185 Å². The van der Waals surface area contributed by atoms with Crippen molar-refractivity contribution in [2.45, 2.75) is 6.92 Å². The molecule has 0 saturated heterocycles. The molecule has 0 unspecified atom stereocenters. The molecule has 3 N–H and O–H groups in total. The zero-order chi connectivity index (χ0) is 22.0. The number of nitrogens with one attached hydrogen (secondary N) is 1. The molecule has 0 fully saturated rings. The van der Waals surface area contributed by atoms with Crippen LogP contribution >= 0.6 is 23.2 Å².